The molecule has 0 fully saturated rings. The number of carbonyl (C=O) groups excluding carboxylic acids is 2. The molecule has 0 atom stereocenters. The number of rotatable bonds is 2. The van der Waals surface area contributed by atoms with Crippen LogP contribution in [0.5, 0.6) is 17.2 Å². The van der Waals surface area contributed by atoms with Crippen molar-refractivity contribution in [2.24, 2.45) is 0 Å². The second-order valence-electron chi connectivity index (χ2n) is 9.19. The summed E-state index contributed by atoms with van der Waals surface area (Å²) in [5.41, 5.74) is 8.71. The Hall–Kier alpha value is -2.17. The van der Waals surface area contributed by atoms with E-state index < -0.39 is 0 Å². The largest absolute Gasteiger partial charge is 0.508 e. The molecule has 5 nitrogen and oxygen atoms in total. The molecule has 4 aromatic carbocycles. The molecule has 0 unspecified atom stereocenters. The molecule has 2 aliphatic carbocycles. The van der Waals surface area contributed by atoms with Crippen LogP contribution in [0.25, 0.3) is 0 Å². The van der Waals surface area contributed by atoms with Gasteiger partial charge in [-0.2, -0.15) is 48.5 Å². The van der Waals surface area contributed by atoms with Crippen molar-refractivity contribution in [3.63, 3.8) is 0 Å². The third-order valence-electron chi connectivity index (χ3n) is 7.10. The van der Waals surface area contributed by atoms with Crippen molar-refractivity contribution in [1.29, 1.82) is 0 Å². The summed E-state index contributed by atoms with van der Waals surface area (Å²) in [6.07, 6.45) is 1.34. The first kappa shape index (κ1) is 34.0. The summed E-state index contributed by atoms with van der Waals surface area (Å²) in [4.78, 5) is 25.1. The monoisotopic (exact) mass is 684 g/mol. The number of benzene rings is 4. The van der Waals surface area contributed by atoms with Crippen molar-refractivity contribution in [2.45, 2.75) is 34.1 Å². The van der Waals surface area contributed by atoms with Crippen molar-refractivity contribution >= 4 is 11.6 Å². The van der Waals surface area contributed by atoms with E-state index in [9.17, 15) is 14.7 Å². The van der Waals surface area contributed by atoms with Crippen molar-refractivity contribution < 1.29 is 89.6 Å². The average molecular weight is 684 g/mol. The molecule has 0 saturated carbocycles. The van der Waals surface area contributed by atoms with Crippen LogP contribution in [0.4, 0.5) is 0 Å². The molecule has 2 aliphatic rings. The number of hydrogen-bond donors (Lipinski definition) is 1. The van der Waals surface area contributed by atoms with Crippen LogP contribution in [-0.4, -0.2) is 30.9 Å². The van der Waals surface area contributed by atoms with Crippen LogP contribution >= 0.6 is 0 Å². The number of phenolic OH excluding ortho intramolecular Hbond substituents is 1. The Morgan fingerprint density at radius 1 is 0.775 bits per heavy atom. The van der Waals surface area contributed by atoms with E-state index >= 15 is 0 Å². The van der Waals surface area contributed by atoms with E-state index in [0.29, 0.717) is 29.0 Å². The number of aryl methyl sites for hydroxylation is 1. The predicted octanol–water partition coefficient (Wildman–Crippen LogP) is 6.21. The first-order chi connectivity index (χ1) is 17.8. The Kier molecular flexibility index (Phi) is 12.0. The molecule has 7 heteroatoms. The molecule has 0 bridgehead atoms. The molecule has 200 valence electrons. The van der Waals surface area contributed by atoms with Crippen LogP contribution in [-0.2, 0) is 78.3 Å². The Labute approximate surface area is 286 Å². The summed E-state index contributed by atoms with van der Waals surface area (Å²) >= 11 is 0. The van der Waals surface area contributed by atoms with Gasteiger partial charge < -0.3 is 24.2 Å². The quantitative estimate of drug-likeness (QED) is 0.220. The summed E-state index contributed by atoms with van der Waals surface area (Å²) in [6.45, 7) is 4.11. The molecule has 40 heavy (non-hydrogen) atoms. The van der Waals surface area contributed by atoms with Crippen molar-refractivity contribution in [3.05, 3.63) is 122 Å². The maximum absolute atomic E-state index is 12.7. The van der Waals surface area contributed by atoms with Crippen molar-refractivity contribution in [1.82, 2.24) is 0 Å². The number of methoxy groups -OCH3 is 2. The molecule has 0 spiro atoms. The maximum atomic E-state index is 12.7. The predicted molar refractivity (Wildman–Crippen MR) is 147 cm³/mol. The summed E-state index contributed by atoms with van der Waals surface area (Å²) in [7, 11) is 3.11. The summed E-state index contributed by atoms with van der Waals surface area (Å²) < 4.78 is 10.6. The molecule has 0 heterocycles. The van der Waals surface area contributed by atoms with E-state index in [1.165, 1.54) is 18.7 Å². The number of aromatic hydroxyl groups is 1. The fraction of sp³-hybridized carbons (Fsp3) is 0.212. The Bertz CT molecular complexity index is 1580. The van der Waals surface area contributed by atoms with Gasteiger partial charge in [0, 0.05) is 71.5 Å². The third-order valence-corrected chi connectivity index (χ3v) is 7.10. The minimum Gasteiger partial charge on any atom is -0.508 e. The number of ketones is 2. The molecular formula is C33H30O5Y2-2. The zero-order valence-electron chi connectivity index (χ0n) is 22.3. The fourth-order valence-corrected chi connectivity index (χ4v) is 5.09. The van der Waals surface area contributed by atoms with Gasteiger partial charge in [-0.1, -0.05) is 18.6 Å². The van der Waals surface area contributed by atoms with Gasteiger partial charge in [0.15, 0.2) is 0 Å². The Balaban J connectivity index is 0.000000261. The molecule has 0 aliphatic heterocycles. The van der Waals surface area contributed by atoms with Gasteiger partial charge in [0.25, 0.3) is 0 Å². The minimum atomic E-state index is -0.0695. The van der Waals surface area contributed by atoms with Crippen LogP contribution in [0.3, 0.4) is 0 Å². The van der Waals surface area contributed by atoms with Gasteiger partial charge in [-0.25, -0.2) is 0 Å². The van der Waals surface area contributed by atoms with E-state index in [0.717, 1.165) is 45.4 Å². The zero-order valence-corrected chi connectivity index (χ0v) is 28.0. The van der Waals surface area contributed by atoms with Crippen LogP contribution in [0.1, 0.15) is 72.7 Å². The van der Waals surface area contributed by atoms with Gasteiger partial charge in [-0.15, -0.1) is 11.1 Å². The topological polar surface area (TPSA) is 72.8 Å². The van der Waals surface area contributed by atoms with Gasteiger partial charge in [-0.05, 0) is 61.1 Å². The van der Waals surface area contributed by atoms with Crippen molar-refractivity contribution in [3.8, 4) is 17.2 Å². The van der Waals surface area contributed by atoms with E-state index in [1.54, 1.807) is 31.4 Å². The first-order valence-corrected chi connectivity index (χ1v) is 12.0. The maximum Gasteiger partial charge on any atom is 0.143 e. The third kappa shape index (κ3) is 6.18. The second kappa shape index (κ2) is 14.1. The molecule has 0 amide bonds. The minimum absolute atomic E-state index is 0. The summed E-state index contributed by atoms with van der Waals surface area (Å²) in [5.74, 6) is 1.19. The Morgan fingerprint density at radius 2 is 1.30 bits per heavy atom. The number of fused-ring (bicyclic) bond motifs is 4. The van der Waals surface area contributed by atoms with Crippen molar-refractivity contribution in [2.75, 3.05) is 14.2 Å². The normalized spacial score (nSPS) is 11.9. The SMILES string of the molecule is C.COc1cc(C)c(C)c2c1C(=O)c1ccc[c-]c1C2.COc1cc(O)cc2c1C(=O)c1ccc[c-]c1C2.[Y].[Y]. The number of hydrogen-bond acceptors (Lipinski definition) is 5. The molecule has 0 aromatic heterocycles. The summed E-state index contributed by atoms with van der Waals surface area (Å²) in [6, 6.07) is 22.2. The Morgan fingerprint density at radius 3 is 1.88 bits per heavy atom. The number of carbonyl (C=O) groups is 2. The van der Waals surface area contributed by atoms with Crippen LogP contribution < -0.4 is 9.47 Å². The van der Waals surface area contributed by atoms with Gasteiger partial charge in [-0.3, -0.25) is 0 Å². The number of ether oxygens (including phenoxy) is 2. The van der Waals surface area contributed by atoms with Gasteiger partial charge in [0.05, 0.1) is 25.3 Å². The van der Waals surface area contributed by atoms with Crippen LogP contribution in [0, 0.1) is 26.0 Å². The smallest absolute Gasteiger partial charge is 0.143 e. The fourth-order valence-electron chi connectivity index (χ4n) is 5.09. The van der Waals surface area contributed by atoms with E-state index in [1.807, 2.05) is 31.2 Å². The average Bonchev–Trinajstić information content (AvgIpc) is 2.90. The molecule has 4 aromatic rings. The summed E-state index contributed by atoms with van der Waals surface area (Å²) in [5, 5.41) is 9.63. The zero-order chi connectivity index (χ0) is 26.3. The standard InChI is InChI=1S/C17H15O2.C15H11O3.CH4.2Y/c1-10-8-15(19-3)16-14(11(10)2)9-12-6-4-5-7-13(12)17(16)18;1-18-13-8-11(16)7-10-6-9-4-2-3-5-12(9)15(17)14(10)13;;;/h4-5,7-8H,9H2,1-3H3;2-3,5,7-8,16H,6H2,1H3;1H4;;/q2*-1;;;. The van der Waals surface area contributed by atoms with E-state index in [-0.39, 0.29) is 90.2 Å². The molecule has 2 radical (unpaired) electrons. The van der Waals surface area contributed by atoms with E-state index in [2.05, 4.69) is 19.1 Å². The second-order valence-corrected chi connectivity index (χ2v) is 9.19. The molecular weight excluding hydrogens is 654 g/mol. The van der Waals surface area contributed by atoms with Gasteiger partial charge in [0.1, 0.15) is 28.8 Å². The van der Waals surface area contributed by atoms with Gasteiger partial charge in [0.2, 0.25) is 0 Å². The van der Waals surface area contributed by atoms with E-state index in [4.69, 9.17) is 9.47 Å². The van der Waals surface area contributed by atoms with Gasteiger partial charge >= 0.3 is 0 Å². The van der Waals surface area contributed by atoms with Crippen LogP contribution in [0.15, 0.2) is 54.6 Å². The molecule has 6 rings (SSSR count). The molecule has 0 saturated heterocycles. The first-order valence-electron chi connectivity index (χ1n) is 12.0. The number of phenols is 1. The molecule has 1 N–H and O–H groups in total. The van der Waals surface area contributed by atoms with Crippen LogP contribution in [0.2, 0.25) is 0 Å².